The molecule has 1 aromatic carbocycles. The van der Waals surface area contributed by atoms with Crippen LogP contribution in [0.5, 0.6) is 0 Å². The Labute approximate surface area is 140 Å². The van der Waals surface area contributed by atoms with E-state index in [-0.39, 0.29) is 12.6 Å². The molecule has 1 saturated carbocycles. The molecule has 0 saturated heterocycles. The molecule has 2 aromatic rings. The van der Waals surface area contributed by atoms with Crippen molar-refractivity contribution in [2.45, 2.75) is 31.8 Å². The first-order valence-corrected chi connectivity index (χ1v) is 7.72. The third-order valence-electron chi connectivity index (χ3n) is 4.07. The van der Waals surface area contributed by atoms with Crippen molar-refractivity contribution in [1.29, 1.82) is 0 Å². The van der Waals surface area contributed by atoms with Crippen LogP contribution in [-0.4, -0.2) is 28.2 Å². The second-order valence-electron chi connectivity index (χ2n) is 6.21. The predicted molar refractivity (Wildman–Crippen MR) is 85.5 cm³/mol. The summed E-state index contributed by atoms with van der Waals surface area (Å²) in [6, 6.07) is -0.709. The van der Waals surface area contributed by atoms with Crippen LogP contribution < -0.4 is 16.5 Å². The monoisotopic (exact) mass is 355 g/mol. The lowest BCUT2D eigenvalue weighted by Gasteiger charge is -2.17. The van der Waals surface area contributed by atoms with Crippen LogP contribution in [0.25, 0.3) is 10.9 Å². The Morgan fingerprint density at radius 1 is 1.36 bits per heavy atom. The molecule has 3 rings (SSSR count). The fourth-order valence-corrected chi connectivity index (χ4v) is 2.71. The van der Waals surface area contributed by atoms with Gasteiger partial charge in [-0.05, 0) is 19.8 Å². The van der Waals surface area contributed by atoms with Gasteiger partial charge in [0.25, 0.3) is 0 Å². The molecule has 4 N–H and O–H groups in total. The van der Waals surface area contributed by atoms with Crippen molar-refractivity contribution < 1.29 is 23.1 Å². The summed E-state index contributed by atoms with van der Waals surface area (Å²) in [7, 11) is 0. The van der Waals surface area contributed by atoms with Crippen LogP contribution in [0.1, 0.15) is 36.2 Å². The maximum Gasteiger partial charge on any atom is 0.341 e. The highest BCUT2D eigenvalue weighted by molar-refractivity contribution is 5.94. The lowest BCUT2D eigenvalue weighted by molar-refractivity contribution is 0.0695. The maximum absolute atomic E-state index is 14.9. The minimum atomic E-state index is -1.58. The first kappa shape index (κ1) is 17.3. The Hall–Kier alpha value is -2.55. The molecular weight excluding hydrogens is 339 g/mol. The highest BCUT2D eigenvalue weighted by Crippen LogP contribution is 2.39. The average Bonchev–Trinajstić information content (AvgIpc) is 3.36. The fraction of sp³-hybridized carbons (Fsp3) is 0.375. The standard InChI is InChI=1S/C16H16F3N3O3/c1-6(20)4-21-13-11(18)10(17)9-14(12(13)19)22(7-2-3-7)5-8(15(9)23)16(24)25/h5-7,21H,2-4,20H2,1H3,(H,24,25). The molecule has 1 fully saturated rings. The molecule has 0 spiro atoms. The van der Waals surface area contributed by atoms with Gasteiger partial charge in [-0.3, -0.25) is 4.79 Å². The molecule has 1 atom stereocenters. The van der Waals surface area contributed by atoms with Gasteiger partial charge in [0.05, 0.1) is 10.9 Å². The van der Waals surface area contributed by atoms with Gasteiger partial charge in [0.1, 0.15) is 11.3 Å². The fourth-order valence-electron chi connectivity index (χ4n) is 2.71. The number of carboxylic acids is 1. The van der Waals surface area contributed by atoms with E-state index >= 15 is 0 Å². The number of carboxylic acid groups (broad SMARTS) is 1. The quantitative estimate of drug-likeness (QED) is 0.715. The zero-order valence-electron chi connectivity index (χ0n) is 13.3. The number of halogens is 3. The Balaban J connectivity index is 2.38. The van der Waals surface area contributed by atoms with Crippen molar-refractivity contribution >= 4 is 22.6 Å². The number of aromatic nitrogens is 1. The molecule has 6 nitrogen and oxygen atoms in total. The summed E-state index contributed by atoms with van der Waals surface area (Å²) in [5, 5.41) is 10.6. The summed E-state index contributed by atoms with van der Waals surface area (Å²) in [4.78, 5) is 23.5. The number of hydrogen-bond donors (Lipinski definition) is 3. The van der Waals surface area contributed by atoms with E-state index in [4.69, 9.17) is 10.8 Å². The number of carbonyl (C=O) groups is 1. The Morgan fingerprint density at radius 2 is 2.00 bits per heavy atom. The van der Waals surface area contributed by atoms with Gasteiger partial charge in [-0.1, -0.05) is 0 Å². The van der Waals surface area contributed by atoms with Gasteiger partial charge in [0, 0.05) is 24.8 Å². The van der Waals surface area contributed by atoms with Crippen molar-refractivity contribution in [2.75, 3.05) is 11.9 Å². The minimum Gasteiger partial charge on any atom is -0.477 e. The topological polar surface area (TPSA) is 97.3 Å². The van der Waals surface area contributed by atoms with Crippen molar-refractivity contribution in [3.05, 3.63) is 39.4 Å². The number of nitrogens with zero attached hydrogens (tertiary/aromatic N) is 1. The lowest BCUT2D eigenvalue weighted by Crippen LogP contribution is -2.27. The number of aromatic carboxylic acids is 1. The second-order valence-corrected chi connectivity index (χ2v) is 6.21. The summed E-state index contributed by atoms with van der Waals surface area (Å²) in [6.45, 7) is 1.58. The molecule has 0 aliphatic heterocycles. The van der Waals surface area contributed by atoms with Crippen LogP contribution in [0.4, 0.5) is 18.9 Å². The van der Waals surface area contributed by atoms with E-state index in [9.17, 15) is 22.8 Å². The normalized spacial score (nSPS) is 15.4. The van der Waals surface area contributed by atoms with E-state index in [1.807, 2.05) is 0 Å². The van der Waals surface area contributed by atoms with E-state index in [1.165, 1.54) is 4.57 Å². The predicted octanol–water partition coefficient (Wildman–Crippen LogP) is 2.21. The van der Waals surface area contributed by atoms with Crippen LogP contribution in [0.2, 0.25) is 0 Å². The minimum absolute atomic E-state index is 0.0142. The third-order valence-corrected chi connectivity index (χ3v) is 4.07. The number of pyridine rings is 1. The highest BCUT2D eigenvalue weighted by Gasteiger charge is 2.32. The number of fused-ring (bicyclic) bond motifs is 1. The molecule has 0 radical (unpaired) electrons. The van der Waals surface area contributed by atoms with Crippen LogP contribution >= 0.6 is 0 Å². The maximum atomic E-state index is 14.9. The summed E-state index contributed by atoms with van der Waals surface area (Å²) >= 11 is 0. The SMILES string of the molecule is CC(N)CNc1c(F)c(F)c2c(=O)c(C(=O)O)cn(C3CC3)c2c1F. The molecule has 25 heavy (non-hydrogen) atoms. The molecule has 1 unspecified atom stereocenters. The summed E-state index contributed by atoms with van der Waals surface area (Å²) in [6.07, 6.45) is 2.23. The largest absolute Gasteiger partial charge is 0.477 e. The molecule has 1 aliphatic rings. The van der Waals surface area contributed by atoms with Gasteiger partial charge in [0.15, 0.2) is 17.5 Å². The number of nitrogens with two attached hydrogens (primary N) is 1. The number of benzene rings is 1. The van der Waals surface area contributed by atoms with E-state index in [0.29, 0.717) is 12.8 Å². The van der Waals surface area contributed by atoms with Crippen LogP contribution in [0.3, 0.4) is 0 Å². The number of anilines is 1. The van der Waals surface area contributed by atoms with Gasteiger partial charge >= 0.3 is 5.97 Å². The molecule has 0 bridgehead atoms. The number of rotatable bonds is 5. The Bertz CT molecular complexity index is 936. The van der Waals surface area contributed by atoms with Crippen molar-refractivity contribution in [1.82, 2.24) is 4.57 Å². The van der Waals surface area contributed by atoms with Gasteiger partial charge in [-0.25, -0.2) is 18.0 Å². The summed E-state index contributed by atoms with van der Waals surface area (Å²) in [5.74, 6) is -5.88. The van der Waals surface area contributed by atoms with Gasteiger partial charge in [0.2, 0.25) is 5.43 Å². The lowest BCUT2D eigenvalue weighted by atomic mass is 10.1. The van der Waals surface area contributed by atoms with E-state index < -0.39 is 57.0 Å². The van der Waals surface area contributed by atoms with Crippen LogP contribution in [-0.2, 0) is 0 Å². The molecular formula is C16H16F3N3O3. The van der Waals surface area contributed by atoms with Crippen LogP contribution in [0.15, 0.2) is 11.0 Å². The Morgan fingerprint density at radius 3 is 2.52 bits per heavy atom. The van der Waals surface area contributed by atoms with E-state index in [2.05, 4.69) is 5.32 Å². The third kappa shape index (κ3) is 2.84. The van der Waals surface area contributed by atoms with E-state index in [0.717, 1.165) is 6.20 Å². The van der Waals surface area contributed by atoms with Gasteiger partial charge in [-0.2, -0.15) is 0 Å². The molecule has 9 heteroatoms. The van der Waals surface area contributed by atoms with E-state index in [1.54, 1.807) is 6.92 Å². The smallest absolute Gasteiger partial charge is 0.341 e. The zero-order chi connectivity index (χ0) is 18.5. The van der Waals surface area contributed by atoms with Gasteiger partial charge < -0.3 is 20.7 Å². The summed E-state index contributed by atoms with van der Waals surface area (Å²) in [5.41, 5.74) is 2.39. The zero-order valence-corrected chi connectivity index (χ0v) is 13.3. The Kier molecular flexibility index (Phi) is 4.19. The summed E-state index contributed by atoms with van der Waals surface area (Å²) < 4.78 is 44.9. The van der Waals surface area contributed by atoms with Crippen molar-refractivity contribution in [3.8, 4) is 0 Å². The van der Waals surface area contributed by atoms with Crippen molar-refractivity contribution in [2.24, 2.45) is 5.73 Å². The first-order chi connectivity index (χ1) is 11.7. The molecule has 134 valence electrons. The second kappa shape index (κ2) is 6.07. The van der Waals surface area contributed by atoms with Crippen molar-refractivity contribution in [3.63, 3.8) is 0 Å². The highest BCUT2D eigenvalue weighted by atomic mass is 19.2. The van der Waals surface area contributed by atoms with Gasteiger partial charge in [-0.15, -0.1) is 0 Å². The number of nitrogens with one attached hydrogen (secondary N) is 1. The molecule has 1 heterocycles. The molecule has 1 aromatic heterocycles. The number of hydrogen-bond acceptors (Lipinski definition) is 4. The average molecular weight is 355 g/mol. The molecule has 0 amide bonds. The first-order valence-electron chi connectivity index (χ1n) is 7.72. The molecule has 1 aliphatic carbocycles. The van der Waals surface area contributed by atoms with Crippen LogP contribution in [0, 0.1) is 17.5 Å².